The van der Waals surface area contributed by atoms with E-state index in [1.165, 1.54) is 16.2 Å². The number of benzene rings is 1. The Morgan fingerprint density at radius 2 is 2.00 bits per heavy atom. The van der Waals surface area contributed by atoms with Crippen LogP contribution < -0.4 is 5.56 Å². The van der Waals surface area contributed by atoms with Crippen LogP contribution in [-0.4, -0.2) is 39.2 Å². The molecule has 5 rings (SSSR count). The number of likely N-dealkylation sites (tertiary alicyclic amines) is 1. The van der Waals surface area contributed by atoms with Gasteiger partial charge in [0.15, 0.2) is 6.10 Å². The molecule has 1 fully saturated rings. The third kappa shape index (κ3) is 5.69. The Morgan fingerprint density at radius 1 is 1.26 bits per heavy atom. The molecule has 1 aromatic carbocycles. The van der Waals surface area contributed by atoms with Gasteiger partial charge in [-0.2, -0.15) is 18.4 Å². The predicted molar refractivity (Wildman–Crippen MR) is 138 cm³/mol. The highest BCUT2D eigenvalue weighted by molar-refractivity contribution is 7.10. The van der Waals surface area contributed by atoms with E-state index in [2.05, 4.69) is 11.2 Å². The largest absolute Gasteiger partial charge is 0.421 e. The number of thiazole rings is 1. The van der Waals surface area contributed by atoms with Gasteiger partial charge in [-0.25, -0.2) is 4.98 Å². The maximum Gasteiger partial charge on any atom is 0.421 e. The summed E-state index contributed by atoms with van der Waals surface area (Å²) in [5.74, 6) is -0.344. The summed E-state index contributed by atoms with van der Waals surface area (Å²) in [7, 11) is 0. The summed E-state index contributed by atoms with van der Waals surface area (Å²) in [6.07, 6.45) is -2.44. The Morgan fingerprint density at radius 3 is 2.72 bits per heavy atom. The highest BCUT2D eigenvalue weighted by Crippen LogP contribution is 2.35. The minimum atomic E-state index is -4.87. The lowest BCUT2D eigenvalue weighted by atomic mass is 9.97. The summed E-state index contributed by atoms with van der Waals surface area (Å²) in [4.78, 5) is 36.9. The molecule has 0 spiro atoms. The van der Waals surface area contributed by atoms with Crippen molar-refractivity contribution in [3.8, 4) is 6.07 Å². The highest BCUT2D eigenvalue weighted by Gasteiger charge is 2.35. The number of oxime groups is 1. The van der Waals surface area contributed by atoms with Crippen molar-refractivity contribution in [2.24, 2.45) is 5.16 Å². The number of nitriles is 1. The molecule has 13 heteroatoms. The van der Waals surface area contributed by atoms with Crippen LogP contribution in [0.3, 0.4) is 0 Å². The van der Waals surface area contributed by atoms with Crippen LogP contribution >= 0.6 is 22.9 Å². The number of carbonyl (C=O) groups is 1. The minimum Gasteiger partial charge on any atom is -0.387 e. The van der Waals surface area contributed by atoms with Crippen molar-refractivity contribution >= 4 is 34.6 Å². The van der Waals surface area contributed by atoms with Crippen LogP contribution in [0.5, 0.6) is 0 Å². The van der Waals surface area contributed by atoms with Crippen molar-refractivity contribution < 1.29 is 22.8 Å². The van der Waals surface area contributed by atoms with Crippen LogP contribution in [0.2, 0.25) is 5.02 Å². The quantitative estimate of drug-likeness (QED) is 0.420. The Kier molecular flexibility index (Phi) is 7.46. The molecule has 0 aliphatic carbocycles. The lowest BCUT2D eigenvalue weighted by Crippen LogP contribution is -2.41. The first kappa shape index (κ1) is 26.9. The van der Waals surface area contributed by atoms with E-state index in [9.17, 15) is 28.0 Å². The number of rotatable bonds is 5. The molecule has 2 aliphatic heterocycles. The number of piperidine rings is 1. The fourth-order valence-corrected chi connectivity index (χ4v) is 5.95. The van der Waals surface area contributed by atoms with E-state index in [4.69, 9.17) is 21.4 Å². The first-order valence-corrected chi connectivity index (χ1v) is 13.3. The third-order valence-corrected chi connectivity index (χ3v) is 7.99. The second-order valence-electron chi connectivity index (χ2n) is 9.26. The molecule has 0 N–H and O–H groups in total. The van der Waals surface area contributed by atoms with Crippen molar-refractivity contribution in [2.75, 3.05) is 13.1 Å². The summed E-state index contributed by atoms with van der Waals surface area (Å²) in [5.41, 5.74) is 0.0296. The standard InChI is InChI=1S/C26H21ClF3N5O3S/c27-17-9-19(26(28,29)30)25(37)35(12-17)13-23(36)34-7-5-15(6-8-34)24-32-21(14-39-24)20-10-22(38-33-20)18-4-2-1-3-16(18)11-31/h1-4,9,12,14-15,22H,5-8,10,13H2. The fraction of sp³-hybridized carbons (Fsp3) is 0.346. The molecule has 1 saturated heterocycles. The zero-order valence-electron chi connectivity index (χ0n) is 20.3. The van der Waals surface area contributed by atoms with E-state index in [1.807, 2.05) is 17.5 Å². The molecule has 4 heterocycles. The van der Waals surface area contributed by atoms with Gasteiger partial charge in [-0.3, -0.25) is 9.59 Å². The molecule has 39 heavy (non-hydrogen) atoms. The molecule has 2 aromatic heterocycles. The summed E-state index contributed by atoms with van der Waals surface area (Å²) >= 11 is 7.26. The lowest BCUT2D eigenvalue weighted by molar-refractivity contribution is -0.139. The molecule has 0 saturated carbocycles. The Labute approximate surface area is 229 Å². The predicted octanol–water partition coefficient (Wildman–Crippen LogP) is 5.12. The number of hydrogen-bond acceptors (Lipinski definition) is 7. The van der Waals surface area contributed by atoms with Gasteiger partial charge in [0, 0.05) is 42.6 Å². The molecule has 202 valence electrons. The van der Waals surface area contributed by atoms with E-state index in [0.29, 0.717) is 60.0 Å². The maximum atomic E-state index is 13.1. The third-order valence-electron chi connectivity index (χ3n) is 6.78. The lowest BCUT2D eigenvalue weighted by Gasteiger charge is -2.31. The first-order valence-electron chi connectivity index (χ1n) is 12.1. The van der Waals surface area contributed by atoms with E-state index >= 15 is 0 Å². The van der Waals surface area contributed by atoms with Crippen molar-refractivity contribution in [1.29, 1.82) is 5.26 Å². The summed E-state index contributed by atoms with van der Waals surface area (Å²) < 4.78 is 40.1. The molecule has 1 unspecified atom stereocenters. The smallest absolute Gasteiger partial charge is 0.387 e. The van der Waals surface area contributed by atoms with Crippen LogP contribution in [0.25, 0.3) is 0 Å². The number of alkyl halides is 3. The van der Waals surface area contributed by atoms with Crippen LogP contribution in [-0.2, 0) is 22.4 Å². The molecule has 8 nitrogen and oxygen atoms in total. The fourth-order valence-electron chi connectivity index (χ4n) is 4.72. The molecule has 3 aromatic rings. The van der Waals surface area contributed by atoms with Crippen LogP contribution in [0.15, 0.2) is 51.9 Å². The van der Waals surface area contributed by atoms with Gasteiger partial charge in [0.05, 0.1) is 27.4 Å². The van der Waals surface area contributed by atoms with Gasteiger partial charge in [-0.1, -0.05) is 35.0 Å². The van der Waals surface area contributed by atoms with E-state index in [0.717, 1.165) is 16.8 Å². The highest BCUT2D eigenvalue weighted by atomic mass is 35.5. The van der Waals surface area contributed by atoms with E-state index in [1.54, 1.807) is 12.1 Å². The zero-order valence-corrected chi connectivity index (χ0v) is 21.9. The molecule has 2 aliphatic rings. The second-order valence-corrected chi connectivity index (χ2v) is 10.6. The van der Waals surface area contributed by atoms with Crippen molar-refractivity contribution in [2.45, 2.75) is 44.0 Å². The summed E-state index contributed by atoms with van der Waals surface area (Å²) in [6.45, 7) is 0.248. The minimum absolute atomic E-state index is 0.108. The molecular formula is C26H21ClF3N5O3S. The number of pyridine rings is 1. The number of carbonyl (C=O) groups excluding carboxylic acids is 1. The number of halogens is 4. The zero-order chi connectivity index (χ0) is 27.7. The second kappa shape index (κ2) is 10.8. The van der Waals surface area contributed by atoms with Gasteiger partial charge in [-0.15, -0.1) is 11.3 Å². The number of aromatic nitrogens is 2. The number of nitrogens with zero attached hydrogens (tertiary/aromatic N) is 5. The number of amides is 1. The molecular weight excluding hydrogens is 555 g/mol. The van der Waals surface area contributed by atoms with Crippen molar-refractivity contribution in [1.82, 2.24) is 14.5 Å². The summed E-state index contributed by atoms with van der Waals surface area (Å²) in [6, 6.07) is 9.97. The normalized spacial score (nSPS) is 18.0. The van der Waals surface area contributed by atoms with Gasteiger partial charge in [0.25, 0.3) is 5.56 Å². The Balaban J connectivity index is 1.19. The SMILES string of the molecule is N#Cc1ccccc1C1CC(c2csc(C3CCN(C(=O)Cn4cc(Cl)cc(C(F)(F)F)c4=O)CC3)n2)=NO1. The first-order chi connectivity index (χ1) is 18.6. The van der Waals surface area contributed by atoms with Crippen LogP contribution in [0, 0.1) is 11.3 Å². The van der Waals surface area contributed by atoms with Gasteiger partial charge < -0.3 is 14.3 Å². The van der Waals surface area contributed by atoms with E-state index < -0.39 is 29.8 Å². The van der Waals surface area contributed by atoms with Gasteiger partial charge >= 0.3 is 6.18 Å². The van der Waals surface area contributed by atoms with Gasteiger partial charge in [0.2, 0.25) is 5.91 Å². The number of hydrogen-bond donors (Lipinski definition) is 0. The monoisotopic (exact) mass is 575 g/mol. The van der Waals surface area contributed by atoms with Crippen LogP contribution in [0.1, 0.15) is 58.7 Å². The van der Waals surface area contributed by atoms with Crippen molar-refractivity contribution in [3.63, 3.8) is 0 Å². The molecule has 1 amide bonds. The van der Waals surface area contributed by atoms with Gasteiger partial charge in [0.1, 0.15) is 17.8 Å². The van der Waals surface area contributed by atoms with Crippen molar-refractivity contribution in [3.05, 3.63) is 84.7 Å². The van der Waals surface area contributed by atoms with Crippen LogP contribution in [0.4, 0.5) is 13.2 Å². The average molecular weight is 576 g/mol. The Hall–Kier alpha value is -3.69. The van der Waals surface area contributed by atoms with E-state index in [-0.39, 0.29) is 17.0 Å². The summed E-state index contributed by atoms with van der Waals surface area (Å²) in [5, 5.41) is 16.1. The molecule has 1 atom stereocenters. The topological polar surface area (TPSA) is 101 Å². The molecule has 0 bridgehead atoms. The van der Waals surface area contributed by atoms with Gasteiger partial charge in [-0.05, 0) is 25.0 Å². The molecule has 0 radical (unpaired) electrons. The Bertz CT molecular complexity index is 1540. The maximum absolute atomic E-state index is 13.1. The average Bonchev–Trinajstić information content (AvgIpc) is 3.60.